The standard InChI is InChI=1S/C15H27N3OS/c1-4-12(2)14-13(11-16-7-10-19-3)20-15(17-14)18-8-5-6-9-18/h12,16H,4-11H2,1-3H3. The molecule has 1 aromatic rings. The van der Waals surface area contributed by atoms with Gasteiger partial charge in [-0.2, -0.15) is 0 Å². The lowest BCUT2D eigenvalue weighted by atomic mass is 10.0. The molecule has 5 heteroatoms. The molecule has 1 atom stereocenters. The maximum absolute atomic E-state index is 5.08. The van der Waals surface area contributed by atoms with Crippen LogP contribution in [0.25, 0.3) is 0 Å². The zero-order valence-corrected chi connectivity index (χ0v) is 13.8. The van der Waals surface area contributed by atoms with Crippen molar-refractivity contribution in [1.29, 1.82) is 0 Å². The normalized spacial score (nSPS) is 16.9. The molecule has 1 N–H and O–H groups in total. The van der Waals surface area contributed by atoms with E-state index in [0.29, 0.717) is 5.92 Å². The summed E-state index contributed by atoms with van der Waals surface area (Å²) in [5.74, 6) is 0.543. The summed E-state index contributed by atoms with van der Waals surface area (Å²) in [5, 5.41) is 4.68. The van der Waals surface area contributed by atoms with E-state index in [1.165, 1.54) is 41.6 Å². The van der Waals surface area contributed by atoms with Crippen LogP contribution in [0, 0.1) is 0 Å². The monoisotopic (exact) mass is 297 g/mol. The Balaban J connectivity index is 2.06. The Morgan fingerprint density at radius 3 is 2.80 bits per heavy atom. The molecule has 1 saturated heterocycles. The topological polar surface area (TPSA) is 37.4 Å². The molecule has 0 aromatic carbocycles. The summed E-state index contributed by atoms with van der Waals surface area (Å²) in [6.07, 6.45) is 3.76. The molecule has 2 rings (SSSR count). The molecule has 2 heterocycles. The summed E-state index contributed by atoms with van der Waals surface area (Å²) >= 11 is 1.87. The maximum atomic E-state index is 5.08. The van der Waals surface area contributed by atoms with Crippen LogP contribution >= 0.6 is 11.3 Å². The number of methoxy groups -OCH3 is 1. The van der Waals surface area contributed by atoms with Crippen LogP contribution in [-0.4, -0.2) is 38.3 Å². The Morgan fingerprint density at radius 1 is 1.40 bits per heavy atom. The molecule has 0 amide bonds. The third kappa shape index (κ3) is 3.93. The van der Waals surface area contributed by atoms with E-state index < -0.39 is 0 Å². The number of ether oxygens (including phenoxy) is 1. The molecule has 114 valence electrons. The lowest BCUT2D eigenvalue weighted by molar-refractivity contribution is 0.199. The average molecular weight is 297 g/mol. The van der Waals surface area contributed by atoms with E-state index in [9.17, 15) is 0 Å². The third-order valence-electron chi connectivity index (χ3n) is 3.94. The third-order valence-corrected chi connectivity index (χ3v) is 5.07. The van der Waals surface area contributed by atoms with Crippen molar-refractivity contribution in [2.24, 2.45) is 0 Å². The Hall–Kier alpha value is -0.650. The molecule has 0 saturated carbocycles. The summed E-state index contributed by atoms with van der Waals surface area (Å²) in [6.45, 7) is 9.43. The van der Waals surface area contributed by atoms with Crippen molar-refractivity contribution in [3.8, 4) is 0 Å². The van der Waals surface area contributed by atoms with Crippen LogP contribution < -0.4 is 10.2 Å². The molecular weight excluding hydrogens is 270 g/mol. The molecule has 1 aromatic heterocycles. The first-order valence-corrected chi connectivity index (χ1v) is 8.52. The Bertz CT molecular complexity index is 402. The van der Waals surface area contributed by atoms with Crippen molar-refractivity contribution < 1.29 is 4.74 Å². The Morgan fingerprint density at radius 2 is 2.15 bits per heavy atom. The molecule has 0 bridgehead atoms. The molecule has 0 spiro atoms. The number of hydrogen-bond acceptors (Lipinski definition) is 5. The van der Waals surface area contributed by atoms with Gasteiger partial charge in [0.05, 0.1) is 12.3 Å². The van der Waals surface area contributed by atoms with Crippen LogP contribution in [0.3, 0.4) is 0 Å². The first-order valence-electron chi connectivity index (χ1n) is 7.70. The second-order valence-corrected chi connectivity index (χ2v) is 6.54. The van der Waals surface area contributed by atoms with E-state index in [1.807, 2.05) is 11.3 Å². The predicted octanol–water partition coefficient (Wildman–Crippen LogP) is 2.99. The van der Waals surface area contributed by atoms with Gasteiger partial charge in [-0.3, -0.25) is 0 Å². The fraction of sp³-hybridized carbons (Fsp3) is 0.800. The van der Waals surface area contributed by atoms with Gasteiger partial charge >= 0.3 is 0 Å². The van der Waals surface area contributed by atoms with Crippen molar-refractivity contribution >= 4 is 16.5 Å². The minimum atomic E-state index is 0.543. The summed E-state index contributed by atoms with van der Waals surface area (Å²) in [7, 11) is 1.74. The van der Waals surface area contributed by atoms with Crippen molar-refractivity contribution in [3.63, 3.8) is 0 Å². The molecule has 20 heavy (non-hydrogen) atoms. The number of aromatic nitrogens is 1. The van der Waals surface area contributed by atoms with Gasteiger partial charge in [-0.05, 0) is 25.2 Å². The van der Waals surface area contributed by atoms with Gasteiger partial charge in [0, 0.05) is 38.2 Å². The molecule has 0 radical (unpaired) electrons. The number of nitrogens with one attached hydrogen (secondary N) is 1. The van der Waals surface area contributed by atoms with Crippen LogP contribution in [0.2, 0.25) is 0 Å². The SMILES string of the molecule is CCC(C)c1nc(N2CCCC2)sc1CNCCOC. The van der Waals surface area contributed by atoms with Crippen molar-refractivity contribution in [1.82, 2.24) is 10.3 Å². The van der Waals surface area contributed by atoms with Crippen LogP contribution in [0.5, 0.6) is 0 Å². The summed E-state index contributed by atoms with van der Waals surface area (Å²) in [5.41, 5.74) is 1.30. The number of nitrogens with zero attached hydrogens (tertiary/aromatic N) is 2. The van der Waals surface area contributed by atoms with Crippen LogP contribution in [-0.2, 0) is 11.3 Å². The molecule has 4 nitrogen and oxygen atoms in total. The highest BCUT2D eigenvalue weighted by Gasteiger charge is 2.21. The van der Waals surface area contributed by atoms with Crippen LogP contribution in [0.1, 0.15) is 49.6 Å². The van der Waals surface area contributed by atoms with Crippen molar-refractivity contribution in [3.05, 3.63) is 10.6 Å². The largest absolute Gasteiger partial charge is 0.383 e. The number of thiazole rings is 1. The highest BCUT2D eigenvalue weighted by molar-refractivity contribution is 7.15. The van der Waals surface area contributed by atoms with Gasteiger partial charge < -0.3 is 15.0 Å². The number of anilines is 1. The molecule has 1 fully saturated rings. The summed E-state index contributed by atoms with van der Waals surface area (Å²) in [4.78, 5) is 8.78. The van der Waals surface area contributed by atoms with Crippen LogP contribution in [0.15, 0.2) is 0 Å². The molecule has 1 aliphatic rings. The van der Waals surface area contributed by atoms with Gasteiger partial charge in [0.1, 0.15) is 0 Å². The first kappa shape index (κ1) is 15.7. The smallest absolute Gasteiger partial charge is 0.185 e. The molecule has 0 aliphatic carbocycles. The van der Waals surface area contributed by atoms with Gasteiger partial charge in [0.25, 0.3) is 0 Å². The second-order valence-electron chi connectivity index (χ2n) is 5.48. The predicted molar refractivity (Wildman–Crippen MR) is 85.8 cm³/mol. The average Bonchev–Trinajstić information content (AvgIpc) is 3.11. The van der Waals surface area contributed by atoms with Gasteiger partial charge in [-0.15, -0.1) is 11.3 Å². The van der Waals surface area contributed by atoms with E-state index in [0.717, 1.165) is 26.1 Å². The Kier molecular flexibility index (Phi) is 6.26. The molecule has 1 unspecified atom stereocenters. The van der Waals surface area contributed by atoms with Crippen molar-refractivity contribution in [2.75, 3.05) is 38.3 Å². The fourth-order valence-corrected chi connectivity index (χ4v) is 3.68. The van der Waals surface area contributed by atoms with Gasteiger partial charge in [-0.1, -0.05) is 13.8 Å². The highest BCUT2D eigenvalue weighted by atomic mass is 32.1. The molecule has 1 aliphatic heterocycles. The van der Waals surface area contributed by atoms with Gasteiger partial charge in [-0.25, -0.2) is 4.98 Å². The van der Waals surface area contributed by atoms with E-state index in [4.69, 9.17) is 9.72 Å². The number of hydrogen-bond donors (Lipinski definition) is 1. The van der Waals surface area contributed by atoms with Crippen molar-refractivity contribution in [2.45, 2.75) is 45.6 Å². The van der Waals surface area contributed by atoms with E-state index in [2.05, 4.69) is 24.1 Å². The fourth-order valence-electron chi connectivity index (χ4n) is 2.48. The Labute approximate surface area is 126 Å². The lowest BCUT2D eigenvalue weighted by Crippen LogP contribution is -2.18. The first-order chi connectivity index (χ1) is 9.76. The van der Waals surface area contributed by atoms with Crippen LogP contribution in [0.4, 0.5) is 5.13 Å². The summed E-state index contributed by atoms with van der Waals surface area (Å²) < 4.78 is 5.08. The maximum Gasteiger partial charge on any atom is 0.185 e. The highest BCUT2D eigenvalue weighted by Crippen LogP contribution is 2.33. The van der Waals surface area contributed by atoms with E-state index in [1.54, 1.807) is 7.11 Å². The molecular formula is C15H27N3OS. The summed E-state index contributed by atoms with van der Waals surface area (Å²) in [6, 6.07) is 0. The van der Waals surface area contributed by atoms with E-state index in [-0.39, 0.29) is 0 Å². The minimum Gasteiger partial charge on any atom is -0.383 e. The van der Waals surface area contributed by atoms with E-state index >= 15 is 0 Å². The van der Waals surface area contributed by atoms with Gasteiger partial charge in [0.15, 0.2) is 5.13 Å². The zero-order valence-electron chi connectivity index (χ0n) is 12.9. The van der Waals surface area contributed by atoms with Gasteiger partial charge in [0.2, 0.25) is 0 Å². The quantitative estimate of drug-likeness (QED) is 0.749. The number of rotatable bonds is 8. The minimum absolute atomic E-state index is 0.543. The zero-order chi connectivity index (χ0) is 14.4. The second kappa shape index (κ2) is 7.96. The lowest BCUT2D eigenvalue weighted by Gasteiger charge is -2.12.